The van der Waals surface area contributed by atoms with Crippen LogP contribution in [0.25, 0.3) is 0 Å². The highest BCUT2D eigenvalue weighted by Gasteiger charge is 2.22. The van der Waals surface area contributed by atoms with Crippen LogP contribution in [0.4, 0.5) is 10.2 Å². The molecule has 0 saturated heterocycles. The first-order chi connectivity index (χ1) is 9.72. The minimum atomic E-state index is -4.02. The van der Waals surface area contributed by atoms with Crippen LogP contribution in [0.15, 0.2) is 29.3 Å². The molecule has 1 heterocycles. The van der Waals surface area contributed by atoms with E-state index in [9.17, 15) is 12.8 Å². The molecule has 7 nitrogen and oxygen atoms in total. The van der Waals surface area contributed by atoms with Gasteiger partial charge in [-0.2, -0.15) is 5.10 Å². The fraction of sp³-hybridized carbons (Fsp3) is 0.167. The number of halogens is 1. The summed E-state index contributed by atoms with van der Waals surface area (Å²) in [6.07, 6.45) is 1.28. The lowest BCUT2D eigenvalue weighted by molar-refractivity contribution is 0.593. The summed E-state index contributed by atoms with van der Waals surface area (Å²) in [6.45, 7) is 1.56. The van der Waals surface area contributed by atoms with Crippen LogP contribution in [0, 0.1) is 18.2 Å². The third-order valence-electron chi connectivity index (χ3n) is 2.90. The molecular weight excluding hydrogens is 297 g/mol. The maximum Gasteiger partial charge on any atom is 0.263 e. The van der Waals surface area contributed by atoms with Crippen molar-refractivity contribution >= 4 is 21.7 Å². The van der Waals surface area contributed by atoms with Crippen molar-refractivity contribution in [3.05, 3.63) is 41.3 Å². The first-order valence-corrected chi connectivity index (χ1v) is 7.36. The number of nitrogens with one attached hydrogen (secondary N) is 2. The molecule has 9 heteroatoms. The molecule has 0 aliphatic heterocycles. The van der Waals surface area contributed by atoms with Gasteiger partial charge in [0, 0.05) is 7.05 Å². The molecule has 2 aromatic rings. The van der Waals surface area contributed by atoms with Gasteiger partial charge in [-0.25, -0.2) is 12.8 Å². The van der Waals surface area contributed by atoms with E-state index in [-0.39, 0.29) is 22.1 Å². The Morgan fingerprint density at radius 2 is 2.14 bits per heavy atom. The average molecular weight is 311 g/mol. The topological polar surface area (TPSA) is 114 Å². The summed E-state index contributed by atoms with van der Waals surface area (Å²) < 4.78 is 41.5. The van der Waals surface area contributed by atoms with E-state index in [2.05, 4.69) is 9.82 Å². The van der Waals surface area contributed by atoms with E-state index in [1.54, 1.807) is 6.92 Å². The fourth-order valence-corrected chi connectivity index (χ4v) is 3.17. The van der Waals surface area contributed by atoms with Crippen molar-refractivity contribution in [3.63, 3.8) is 0 Å². The quantitative estimate of drug-likeness (QED) is 0.576. The summed E-state index contributed by atoms with van der Waals surface area (Å²) in [5, 5.41) is 11.3. The molecule has 0 bridgehead atoms. The summed E-state index contributed by atoms with van der Waals surface area (Å²) in [5.74, 6) is -0.930. The number of nitrogens with zero attached hydrogens (tertiary/aromatic N) is 2. The van der Waals surface area contributed by atoms with E-state index in [0.29, 0.717) is 5.56 Å². The highest BCUT2D eigenvalue weighted by atomic mass is 32.2. The standard InChI is InChI=1S/C12H14FN5O2S/c1-7-3-4-8(13)5-10(7)21(19,20)17-12-9(11(14)15)6-16-18(12)2/h3-6,17H,1-2H3,(H3,14,15). The van der Waals surface area contributed by atoms with E-state index in [1.165, 1.54) is 30.1 Å². The Balaban J connectivity index is 2.50. The molecule has 112 valence electrons. The van der Waals surface area contributed by atoms with Crippen molar-refractivity contribution in [2.24, 2.45) is 12.8 Å². The predicted molar refractivity (Wildman–Crippen MR) is 76.2 cm³/mol. The summed E-state index contributed by atoms with van der Waals surface area (Å²) in [5.41, 5.74) is 5.92. The van der Waals surface area contributed by atoms with Gasteiger partial charge in [-0.15, -0.1) is 0 Å². The number of aryl methyl sites for hydroxylation is 2. The number of nitrogen functional groups attached to an aromatic ring is 1. The van der Waals surface area contributed by atoms with E-state index in [0.717, 1.165) is 6.07 Å². The molecule has 0 atom stereocenters. The highest BCUT2D eigenvalue weighted by Crippen LogP contribution is 2.22. The van der Waals surface area contributed by atoms with Gasteiger partial charge in [0.15, 0.2) is 0 Å². The molecule has 0 spiro atoms. The van der Waals surface area contributed by atoms with Crippen molar-refractivity contribution in [2.75, 3.05) is 4.72 Å². The van der Waals surface area contributed by atoms with Gasteiger partial charge in [0.05, 0.1) is 16.7 Å². The molecule has 0 saturated carbocycles. The highest BCUT2D eigenvalue weighted by molar-refractivity contribution is 7.92. The van der Waals surface area contributed by atoms with Crippen LogP contribution in [0.5, 0.6) is 0 Å². The van der Waals surface area contributed by atoms with E-state index < -0.39 is 15.8 Å². The second-order valence-electron chi connectivity index (χ2n) is 4.46. The van der Waals surface area contributed by atoms with Gasteiger partial charge < -0.3 is 5.73 Å². The third-order valence-corrected chi connectivity index (χ3v) is 4.38. The number of hydrogen-bond donors (Lipinski definition) is 3. The van der Waals surface area contributed by atoms with Gasteiger partial charge in [-0.05, 0) is 24.6 Å². The minimum absolute atomic E-state index is 0.0474. The lowest BCUT2D eigenvalue weighted by Crippen LogP contribution is -2.20. The monoisotopic (exact) mass is 311 g/mol. The van der Waals surface area contributed by atoms with E-state index >= 15 is 0 Å². The molecule has 21 heavy (non-hydrogen) atoms. The minimum Gasteiger partial charge on any atom is -0.384 e. The smallest absolute Gasteiger partial charge is 0.263 e. The largest absolute Gasteiger partial charge is 0.384 e. The Bertz CT molecular complexity index is 813. The lowest BCUT2D eigenvalue weighted by atomic mass is 10.2. The normalized spacial score (nSPS) is 11.4. The zero-order valence-corrected chi connectivity index (χ0v) is 12.2. The number of amidine groups is 1. The van der Waals surface area contributed by atoms with Crippen LogP contribution in [0.2, 0.25) is 0 Å². The van der Waals surface area contributed by atoms with Crippen molar-refractivity contribution in [2.45, 2.75) is 11.8 Å². The molecule has 0 fully saturated rings. The van der Waals surface area contributed by atoms with Gasteiger partial charge in [0.1, 0.15) is 17.5 Å². The maximum absolute atomic E-state index is 13.3. The molecule has 4 N–H and O–H groups in total. The van der Waals surface area contributed by atoms with Crippen LogP contribution in [-0.2, 0) is 17.1 Å². The molecule has 0 aliphatic carbocycles. The number of aromatic nitrogens is 2. The average Bonchev–Trinajstić information content (AvgIpc) is 2.73. The number of sulfonamides is 1. The first kappa shape index (κ1) is 15.0. The zero-order valence-electron chi connectivity index (χ0n) is 11.4. The van der Waals surface area contributed by atoms with Gasteiger partial charge in [0.2, 0.25) is 0 Å². The van der Waals surface area contributed by atoms with Crippen LogP contribution in [0.1, 0.15) is 11.1 Å². The van der Waals surface area contributed by atoms with Crippen molar-refractivity contribution in [1.82, 2.24) is 9.78 Å². The Kier molecular flexibility index (Phi) is 3.69. The summed E-state index contributed by atoms with van der Waals surface area (Å²) in [4.78, 5) is -0.182. The zero-order chi connectivity index (χ0) is 15.8. The van der Waals surface area contributed by atoms with Gasteiger partial charge in [-0.3, -0.25) is 14.8 Å². The molecule has 1 aromatic heterocycles. The number of nitrogens with two attached hydrogens (primary N) is 1. The Morgan fingerprint density at radius 1 is 1.48 bits per heavy atom. The molecule has 2 rings (SSSR count). The molecule has 0 aliphatic rings. The SMILES string of the molecule is Cc1ccc(F)cc1S(=O)(=O)Nc1c(C(=N)N)cnn1C. The Morgan fingerprint density at radius 3 is 2.76 bits per heavy atom. The van der Waals surface area contributed by atoms with Crippen molar-refractivity contribution < 1.29 is 12.8 Å². The van der Waals surface area contributed by atoms with Crippen LogP contribution in [-0.4, -0.2) is 24.0 Å². The van der Waals surface area contributed by atoms with Gasteiger partial charge in [0.25, 0.3) is 10.0 Å². The van der Waals surface area contributed by atoms with E-state index in [1.807, 2.05) is 0 Å². The number of benzene rings is 1. The van der Waals surface area contributed by atoms with Gasteiger partial charge in [-0.1, -0.05) is 6.07 Å². The van der Waals surface area contributed by atoms with Crippen LogP contribution in [0.3, 0.4) is 0 Å². The molecule has 0 unspecified atom stereocenters. The number of rotatable bonds is 4. The Labute approximate surface area is 121 Å². The van der Waals surface area contributed by atoms with Crippen molar-refractivity contribution in [1.29, 1.82) is 5.41 Å². The number of hydrogen-bond acceptors (Lipinski definition) is 4. The molecule has 1 aromatic carbocycles. The first-order valence-electron chi connectivity index (χ1n) is 5.87. The third kappa shape index (κ3) is 2.87. The van der Waals surface area contributed by atoms with Crippen LogP contribution >= 0.6 is 0 Å². The molecule has 0 radical (unpaired) electrons. The van der Waals surface area contributed by atoms with Gasteiger partial charge >= 0.3 is 0 Å². The lowest BCUT2D eigenvalue weighted by Gasteiger charge is -2.12. The van der Waals surface area contributed by atoms with Crippen molar-refractivity contribution in [3.8, 4) is 0 Å². The second-order valence-corrected chi connectivity index (χ2v) is 6.11. The summed E-state index contributed by atoms with van der Waals surface area (Å²) >= 11 is 0. The Hall–Kier alpha value is -2.42. The summed E-state index contributed by atoms with van der Waals surface area (Å²) in [7, 11) is -2.52. The van der Waals surface area contributed by atoms with Crippen LogP contribution < -0.4 is 10.5 Å². The summed E-state index contributed by atoms with van der Waals surface area (Å²) in [6, 6.07) is 3.49. The van der Waals surface area contributed by atoms with E-state index in [4.69, 9.17) is 11.1 Å². The molecular formula is C12H14FN5O2S. The molecule has 0 amide bonds. The maximum atomic E-state index is 13.3. The fourth-order valence-electron chi connectivity index (χ4n) is 1.80. The predicted octanol–water partition coefficient (Wildman–Crippen LogP) is 0.952. The second kappa shape index (κ2) is 5.17. The number of anilines is 1.